The number of rotatable bonds is 8. The lowest BCUT2D eigenvalue weighted by molar-refractivity contribution is -0.136. The van der Waals surface area contributed by atoms with Crippen molar-refractivity contribution >= 4 is 21.7 Å². The molecule has 0 aliphatic heterocycles. The second-order valence-corrected chi connectivity index (χ2v) is 6.66. The number of hydrogen-bond acceptors (Lipinski definition) is 3. The van der Waals surface area contributed by atoms with Crippen LogP contribution >= 0.6 is 0 Å². The fraction of sp³-hybridized carbons (Fsp3) is 0.500. The van der Waals surface area contributed by atoms with Crippen molar-refractivity contribution in [2.24, 2.45) is 0 Å². The maximum atomic E-state index is 11.7. The smallest absolute Gasteiger partial charge is 0.305 e. The number of nitrogens with zero attached hydrogens (tertiary/aromatic N) is 1. The highest BCUT2D eigenvalue weighted by Crippen LogP contribution is 2.19. The second-order valence-electron chi connectivity index (χ2n) is 4.75. The molecule has 1 N–H and O–H groups in total. The van der Waals surface area contributed by atoms with Crippen molar-refractivity contribution in [3.05, 3.63) is 29.8 Å². The molecule has 1 aromatic carbocycles. The van der Waals surface area contributed by atoms with Crippen LogP contribution in [0.2, 0.25) is 0 Å². The van der Waals surface area contributed by atoms with E-state index < -0.39 is 16.0 Å². The number of aliphatic carboxylic acids is 1. The SMILES string of the molecule is CCCCc1ccc(N(CCC(=O)O)S(C)(=O)=O)cc1. The maximum absolute atomic E-state index is 11.7. The van der Waals surface area contributed by atoms with Gasteiger partial charge < -0.3 is 5.11 Å². The minimum Gasteiger partial charge on any atom is -0.481 e. The number of aryl methyl sites for hydroxylation is 1. The monoisotopic (exact) mass is 299 g/mol. The van der Waals surface area contributed by atoms with Gasteiger partial charge in [0.15, 0.2) is 0 Å². The number of unbranched alkanes of at least 4 members (excludes halogenated alkanes) is 1. The van der Waals surface area contributed by atoms with Crippen LogP contribution in [0.4, 0.5) is 5.69 Å². The summed E-state index contributed by atoms with van der Waals surface area (Å²) in [6, 6.07) is 7.25. The van der Waals surface area contributed by atoms with E-state index in [-0.39, 0.29) is 13.0 Å². The summed E-state index contributed by atoms with van der Waals surface area (Å²) >= 11 is 0. The van der Waals surface area contributed by atoms with Gasteiger partial charge in [0.2, 0.25) is 10.0 Å². The van der Waals surface area contributed by atoms with Gasteiger partial charge in [-0.3, -0.25) is 9.10 Å². The summed E-state index contributed by atoms with van der Waals surface area (Å²) in [5, 5.41) is 8.69. The number of anilines is 1. The molecule has 0 bridgehead atoms. The molecule has 0 radical (unpaired) electrons. The fourth-order valence-electron chi connectivity index (χ4n) is 1.89. The lowest BCUT2D eigenvalue weighted by atomic mass is 10.1. The molecule has 1 aromatic rings. The van der Waals surface area contributed by atoms with Gasteiger partial charge in [-0.25, -0.2) is 8.42 Å². The molecule has 0 spiro atoms. The average molecular weight is 299 g/mol. The normalized spacial score (nSPS) is 11.3. The van der Waals surface area contributed by atoms with Crippen molar-refractivity contribution in [2.45, 2.75) is 32.6 Å². The van der Waals surface area contributed by atoms with E-state index in [1.807, 2.05) is 12.1 Å². The molecule has 0 saturated heterocycles. The highest BCUT2D eigenvalue weighted by Gasteiger charge is 2.18. The lowest BCUT2D eigenvalue weighted by Gasteiger charge is -2.21. The van der Waals surface area contributed by atoms with Gasteiger partial charge in [-0.1, -0.05) is 25.5 Å². The van der Waals surface area contributed by atoms with Gasteiger partial charge in [0.05, 0.1) is 18.4 Å². The van der Waals surface area contributed by atoms with Crippen molar-refractivity contribution in [1.82, 2.24) is 0 Å². The van der Waals surface area contributed by atoms with E-state index >= 15 is 0 Å². The summed E-state index contributed by atoms with van der Waals surface area (Å²) in [6.45, 7) is 2.06. The van der Waals surface area contributed by atoms with Gasteiger partial charge in [-0.05, 0) is 30.5 Å². The third-order valence-corrected chi connectivity index (χ3v) is 4.17. The molecule has 0 saturated carbocycles. The summed E-state index contributed by atoms with van der Waals surface area (Å²) < 4.78 is 24.6. The Kier molecular flexibility index (Phi) is 6.01. The van der Waals surface area contributed by atoms with E-state index in [1.165, 1.54) is 0 Å². The van der Waals surface area contributed by atoms with Crippen LogP contribution in [0.3, 0.4) is 0 Å². The molecule has 0 heterocycles. The van der Waals surface area contributed by atoms with E-state index in [1.54, 1.807) is 12.1 Å². The molecule has 0 aliphatic carbocycles. The third kappa shape index (κ3) is 5.21. The van der Waals surface area contributed by atoms with Crippen LogP contribution in [0, 0.1) is 0 Å². The Hall–Kier alpha value is -1.56. The highest BCUT2D eigenvalue weighted by atomic mass is 32.2. The van der Waals surface area contributed by atoms with Crippen LogP contribution in [-0.2, 0) is 21.2 Å². The summed E-state index contributed by atoms with van der Waals surface area (Å²) in [4.78, 5) is 10.6. The molecule has 0 atom stereocenters. The number of carboxylic acid groups (broad SMARTS) is 1. The summed E-state index contributed by atoms with van der Waals surface area (Å²) in [6.07, 6.45) is 4.03. The van der Waals surface area contributed by atoms with Gasteiger partial charge >= 0.3 is 5.97 Å². The van der Waals surface area contributed by atoms with Crippen molar-refractivity contribution in [3.8, 4) is 0 Å². The van der Waals surface area contributed by atoms with E-state index in [2.05, 4.69) is 6.92 Å². The summed E-state index contributed by atoms with van der Waals surface area (Å²) in [5.74, 6) is -1.02. The maximum Gasteiger partial charge on any atom is 0.305 e. The number of carbonyl (C=O) groups is 1. The van der Waals surface area contributed by atoms with Crippen molar-refractivity contribution in [1.29, 1.82) is 0 Å². The molecule has 20 heavy (non-hydrogen) atoms. The molecular formula is C14H21NO4S. The van der Waals surface area contributed by atoms with Crippen LogP contribution in [0.1, 0.15) is 31.7 Å². The third-order valence-electron chi connectivity index (χ3n) is 2.97. The Morgan fingerprint density at radius 2 is 1.85 bits per heavy atom. The zero-order valence-electron chi connectivity index (χ0n) is 11.9. The zero-order valence-corrected chi connectivity index (χ0v) is 12.7. The molecular weight excluding hydrogens is 278 g/mol. The van der Waals surface area contributed by atoms with Gasteiger partial charge in [-0.2, -0.15) is 0 Å². The number of benzene rings is 1. The summed E-state index contributed by atoms with van der Waals surface area (Å²) in [7, 11) is -3.47. The summed E-state index contributed by atoms with van der Waals surface area (Å²) in [5.41, 5.74) is 1.66. The first-order chi connectivity index (χ1) is 9.34. The molecule has 0 unspecified atom stereocenters. The molecule has 0 amide bonds. The Morgan fingerprint density at radius 3 is 2.30 bits per heavy atom. The molecule has 6 heteroatoms. The van der Waals surface area contributed by atoms with Gasteiger partial charge in [0.1, 0.15) is 0 Å². The van der Waals surface area contributed by atoms with Crippen LogP contribution < -0.4 is 4.31 Å². The molecule has 112 valence electrons. The standard InChI is InChI=1S/C14H21NO4S/c1-3-4-5-12-6-8-13(9-7-12)15(20(2,18)19)11-10-14(16)17/h6-9H,3-5,10-11H2,1-2H3,(H,16,17). The van der Waals surface area contributed by atoms with Crippen LogP contribution in [0.15, 0.2) is 24.3 Å². The predicted octanol–water partition coefficient (Wildman–Crippen LogP) is 2.27. The lowest BCUT2D eigenvalue weighted by Crippen LogP contribution is -2.32. The van der Waals surface area contributed by atoms with Crippen LogP contribution in [0.25, 0.3) is 0 Å². The minimum absolute atomic E-state index is 0.0531. The number of hydrogen-bond donors (Lipinski definition) is 1. The fourth-order valence-corrected chi connectivity index (χ4v) is 2.82. The predicted molar refractivity (Wildman–Crippen MR) is 79.5 cm³/mol. The Morgan fingerprint density at radius 1 is 1.25 bits per heavy atom. The topological polar surface area (TPSA) is 74.7 Å². The molecule has 1 rings (SSSR count). The molecule has 0 aliphatic rings. The molecule has 5 nitrogen and oxygen atoms in total. The second kappa shape index (κ2) is 7.28. The zero-order chi connectivity index (χ0) is 15.2. The van der Waals surface area contributed by atoms with Crippen LogP contribution in [0.5, 0.6) is 0 Å². The number of carboxylic acids is 1. The molecule has 0 aromatic heterocycles. The Labute approximate surface area is 120 Å². The first-order valence-electron chi connectivity index (χ1n) is 6.63. The minimum atomic E-state index is -3.47. The average Bonchev–Trinajstić information content (AvgIpc) is 2.36. The number of sulfonamides is 1. The largest absolute Gasteiger partial charge is 0.481 e. The van der Waals surface area contributed by atoms with Crippen molar-refractivity contribution < 1.29 is 18.3 Å². The van der Waals surface area contributed by atoms with Crippen molar-refractivity contribution in [2.75, 3.05) is 17.1 Å². The van der Waals surface area contributed by atoms with Crippen LogP contribution in [-0.4, -0.2) is 32.3 Å². The first-order valence-corrected chi connectivity index (χ1v) is 8.48. The van der Waals surface area contributed by atoms with E-state index in [0.29, 0.717) is 5.69 Å². The molecule has 0 fully saturated rings. The Bertz CT molecular complexity index is 537. The van der Waals surface area contributed by atoms with E-state index in [4.69, 9.17) is 5.11 Å². The quantitative estimate of drug-likeness (QED) is 0.799. The van der Waals surface area contributed by atoms with Gasteiger partial charge in [-0.15, -0.1) is 0 Å². The Balaban J connectivity index is 2.88. The first kappa shape index (κ1) is 16.5. The van der Waals surface area contributed by atoms with Gasteiger partial charge in [0, 0.05) is 6.54 Å². The highest BCUT2D eigenvalue weighted by molar-refractivity contribution is 7.92. The van der Waals surface area contributed by atoms with Crippen molar-refractivity contribution in [3.63, 3.8) is 0 Å². The van der Waals surface area contributed by atoms with E-state index in [0.717, 1.165) is 35.4 Å². The van der Waals surface area contributed by atoms with E-state index in [9.17, 15) is 13.2 Å². The van der Waals surface area contributed by atoms with Gasteiger partial charge in [0.25, 0.3) is 0 Å².